The van der Waals surface area contributed by atoms with Crippen molar-refractivity contribution in [2.45, 2.75) is 39.0 Å². The van der Waals surface area contributed by atoms with Crippen molar-refractivity contribution < 1.29 is 37.0 Å². The summed E-state index contributed by atoms with van der Waals surface area (Å²) in [6, 6.07) is 1.91. The molecular formula is C15H16ClF4NO4. The first-order chi connectivity index (χ1) is 11.4. The highest BCUT2D eigenvalue weighted by Crippen LogP contribution is 2.34. The van der Waals surface area contributed by atoms with Gasteiger partial charge >= 0.3 is 12.1 Å². The first-order valence-corrected chi connectivity index (χ1v) is 7.52. The van der Waals surface area contributed by atoms with E-state index in [-0.39, 0.29) is 16.9 Å². The number of rotatable bonds is 7. The van der Waals surface area contributed by atoms with E-state index in [4.69, 9.17) is 21.4 Å². The summed E-state index contributed by atoms with van der Waals surface area (Å²) in [7, 11) is 0. The molecule has 1 aromatic carbocycles. The van der Waals surface area contributed by atoms with Crippen LogP contribution < -0.4 is 10.1 Å². The van der Waals surface area contributed by atoms with Crippen LogP contribution in [0.25, 0.3) is 0 Å². The second kappa shape index (κ2) is 8.37. The van der Waals surface area contributed by atoms with Crippen molar-refractivity contribution in [3.05, 3.63) is 23.0 Å². The number of aliphatic carboxylic acids is 1. The van der Waals surface area contributed by atoms with Gasteiger partial charge in [-0.25, -0.2) is 4.39 Å². The summed E-state index contributed by atoms with van der Waals surface area (Å²) < 4.78 is 57.4. The van der Waals surface area contributed by atoms with Crippen LogP contribution in [0.1, 0.15) is 26.7 Å². The molecular weight excluding hydrogens is 370 g/mol. The third kappa shape index (κ3) is 6.77. The Morgan fingerprint density at radius 1 is 1.28 bits per heavy atom. The smallest absolute Gasteiger partial charge is 0.392 e. The fourth-order valence-corrected chi connectivity index (χ4v) is 2.10. The van der Waals surface area contributed by atoms with Gasteiger partial charge in [-0.1, -0.05) is 11.6 Å². The van der Waals surface area contributed by atoms with E-state index in [9.17, 15) is 27.2 Å². The zero-order valence-corrected chi connectivity index (χ0v) is 14.0. The Morgan fingerprint density at radius 3 is 2.36 bits per heavy atom. The normalized spacial score (nSPS) is 12.8. The highest BCUT2D eigenvalue weighted by Gasteiger charge is 2.42. The van der Waals surface area contributed by atoms with Crippen molar-refractivity contribution in [3.8, 4) is 5.75 Å². The SMILES string of the molecule is CC(C)Oc1cc(NC(=O)CC(CC(=O)O)C(F)(F)F)c(F)cc1Cl. The van der Waals surface area contributed by atoms with Gasteiger partial charge in [0.25, 0.3) is 0 Å². The number of amides is 1. The second-order valence-electron chi connectivity index (χ2n) is 5.52. The van der Waals surface area contributed by atoms with Crippen LogP contribution in [0.3, 0.4) is 0 Å². The lowest BCUT2D eigenvalue weighted by Gasteiger charge is -2.18. The molecule has 1 aromatic rings. The maximum absolute atomic E-state index is 13.8. The van der Waals surface area contributed by atoms with E-state index in [1.54, 1.807) is 13.8 Å². The molecule has 0 aliphatic carbocycles. The molecule has 0 saturated heterocycles. The molecule has 25 heavy (non-hydrogen) atoms. The lowest BCUT2D eigenvalue weighted by atomic mass is 10.0. The Balaban J connectivity index is 2.93. The molecule has 1 amide bonds. The molecule has 1 rings (SSSR count). The van der Waals surface area contributed by atoms with Crippen LogP contribution in [0, 0.1) is 11.7 Å². The summed E-state index contributed by atoms with van der Waals surface area (Å²) in [6.45, 7) is 3.36. The van der Waals surface area contributed by atoms with E-state index in [2.05, 4.69) is 0 Å². The van der Waals surface area contributed by atoms with Gasteiger partial charge in [0.05, 0.1) is 29.2 Å². The predicted molar refractivity (Wildman–Crippen MR) is 82.2 cm³/mol. The molecule has 0 bridgehead atoms. The molecule has 140 valence electrons. The number of carbonyl (C=O) groups excluding carboxylic acids is 1. The first-order valence-electron chi connectivity index (χ1n) is 7.14. The number of anilines is 1. The number of hydrogen-bond acceptors (Lipinski definition) is 3. The van der Waals surface area contributed by atoms with Gasteiger partial charge in [-0.2, -0.15) is 13.2 Å². The molecule has 0 aliphatic heterocycles. The van der Waals surface area contributed by atoms with Crippen LogP contribution in [0.2, 0.25) is 5.02 Å². The molecule has 10 heteroatoms. The minimum atomic E-state index is -4.87. The van der Waals surface area contributed by atoms with E-state index in [0.29, 0.717) is 0 Å². The van der Waals surface area contributed by atoms with E-state index in [0.717, 1.165) is 12.1 Å². The average Bonchev–Trinajstić information content (AvgIpc) is 2.41. The quantitative estimate of drug-likeness (QED) is 0.688. The Kier molecular flexibility index (Phi) is 7.04. The van der Waals surface area contributed by atoms with Crippen LogP contribution in [-0.4, -0.2) is 29.3 Å². The minimum absolute atomic E-state index is 0.0475. The molecule has 1 unspecified atom stereocenters. The number of carboxylic acid groups (broad SMARTS) is 1. The number of alkyl halides is 3. The number of carbonyl (C=O) groups is 2. The molecule has 0 saturated carbocycles. The molecule has 0 aromatic heterocycles. The van der Waals surface area contributed by atoms with Gasteiger partial charge < -0.3 is 15.2 Å². The zero-order chi connectivity index (χ0) is 19.4. The predicted octanol–water partition coefficient (Wildman–Crippen LogP) is 4.25. The Labute approximate surface area is 145 Å². The monoisotopic (exact) mass is 385 g/mol. The van der Waals surface area contributed by atoms with Gasteiger partial charge in [0.15, 0.2) is 0 Å². The van der Waals surface area contributed by atoms with Crippen LogP contribution in [0.15, 0.2) is 12.1 Å². The van der Waals surface area contributed by atoms with Crippen LogP contribution in [0.5, 0.6) is 5.75 Å². The number of ether oxygens (including phenoxy) is 1. The van der Waals surface area contributed by atoms with E-state index in [1.807, 2.05) is 5.32 Å². The summed E-state index contributed by atoms with van der Waals surface area (Å²) in [6.07, 6.45) is -7.60. The van der Waals surface area contributed by atoms with Crippen LogP contribution >= 0.6 is 11.6 Å². The van der Waals surface area contributed by atoms with Gasteiger partial charge in [-0.05, 0) is 19.9 Å². The summed E-state index contributed by atoms with van der Waals surface area (Å²) in [5.74, 6) is -6.17. The van der Waals surface area contributed by atoms with Crippen molar-refractivity contribution in [3.63, 3.8) is 0 Å². The molecule has 0 aliphatic rings. The Morgan fingerprint density at radius 2 is 1.88 bits per heavy atom. The highest BCUT2D eigenvalue weighted by molar-refractivity contribution is 6.32. The second-order valence-corrected chi connectivity index (χ2v) is 5.92. The lowest BCUT2D eigenvalue weighted by molar-refractivity contribution is -0.185. The number of carboxylic acids is 1. The molecule has 2 N–H and O–H groups in total. The van der Waals surface area contributed by atoms with Crippen LogP contribution in [0.4, 0.5) is 23.2 Å². The summed E-state index contributed by atoms with van der Waals surface area (Å²) in [5.41, 5.74) is -0.415. The van der Waals surface area contributed by atoms with E-state index in [1.165, 1.54) is 0 Å². The van der Waals surface area contributed by atoms with Crippen LogP contribution in [-0.2, 0) is 9.59 Å². The first kappa shape index (κ1) is 21.0. The third-order valence-corrected chi connectivity index (χ3v) is 3.27. The van der Waals surface area contributed by atoms with E-state index < -0.39 is 48.3 Å². The van der Waals surface area contributed by atoms with Gasteiger partial charge in [0.1, 0.15) is 11.6 Å². The topological polar surface area (TPSA) is 75.6 Å². The number of nitrogens with one attached hydrogen (secondary N) is 1. The maximum atomic E-state index is 13.8. The zero-order valence-electron chi connectivity index (χ0n) is 13.3. The summed E-state index contributed by atoms with van der Waals surface area (Å²) in [5, 5.41) is 10.4. The summed E-state index contributed by atoms with van der Waals surface area (Å²) in [4.78, 5) is 22.3. The fourth-order valence-electron chi connectivity index (χ4n) is 1.91. The molecule has 0 radical (unpaired) electrons. The molecule has 0 fully saturated rings. The molecule has 0 heterocycles. The van der Waals surface area contributed by atoms with Gasteiger partial charge in [0, 0.05) is 12.5 Å². The number of hydrogen-bond donors (Lipinski definition) is 2. The van der Waals surface area contributed by atoms with Crippen molar-refractivity contribution in [1.29, 1.82) is 0 Å². The van der Waals surface area contributed by atoms with Gasteiger partial charge in [-0.15, -0.1) is 0 Å². The molecule has 5 nitrogen and oxygen atoms in total. The number of halogens is 5. The largest absolute Gasteiger partial charge is 0.489 e. The average molecular weight is 386 g/mol. The molecule has 0 spiro atoms. The fraction of sp³-hybridized carbons (Fsp3) is 0.467. The Bertz CT molecular complexity index is 649. The third-order valence-electron chi connectivity index (χ3n) is 2.97. The maximum Gasteiger partial charge on any atom is 0.392 e. The molecule has 1 atom stereocenters. The number of benzene rings is 1. The van der Waals surface area contributed by atoms with Crippen molar-refractivity contribution >= 4 is 29.2 Å². The summed E-state index contributed by atoms with van der Waals surface area (Å²) >= 11 is 5.79. The van der Waals surface area contributed by atoms with Gasteiger partial charge in [0.2, 0.25) is 5.91 Å². The highest BCUT2D eigenvalue weighted by atomic mass is 35.5. The standard InChI is InChI=1S/C15H16ClF4NO4/c1-7(2)25-12-6-11(10(17)5-9(12)16)21-13(22)3-8(4-14(23)24)15(18,19)20/h5-8H,3-4H2,1-2H3,(H,21,22)(H,23,24). The lowest BCUT2D eigenvalue weighted by Crippen LogP contribution is -2.30. The minimum Gasteiger partial charge on any atom is -0.489 e. The Hall–Kier alpha value is -2.03. The van der Waals surface area contributed by atoms with Gasteiger partial charge in [-0.3, -0.25) is 9.59 Å². The van der Waals surface area contributed by atoms with Crippen molar-refractivity contribution in [2.24, 2.45) is 5.92 Å². The van der Waals surface area contributed by atoms with E-state index >= 15 is 0 Å². The van der Waals surface area contributed by atoms with Crippen molar-refractivity contribution in [1.82, 2.24) is 0 Å². The van der Waals surface area contributed by atoms with Crippen molar-refractivity contribution in [2.75, 3.05) is 5.32 Å².